The number of hydrogen-bond acceptors (Lipinski definition) is 3. The van der Waals surface area contributed by atoms with Crippen molar-refractivity contribution in [1.29, 1.82) is 0 Å². The summed E-state index contributed by atoms with van der Waals surface area (Å²) in [5.41, 5.74) is -0.680. The van der Waals surface area contributed by atoms with Gasteiger partial charge < -0.3 is 5.32 Å². The molecule has 1 aliphatic carbocycles. The van der Waals surface area contributed by atoms with Gasteiger partial charge in [0, 0.05) is 24.7 Å². The van der Waals surface area contributed by atoms with Crippen molar-refractivity contribution in [3.63, 3.8) is 0 Å². The van der Waals surface area contributed by atoms with Crippen LogP contribution >= 0.6 is 11.6 Å². The maximum absolute atomic E-state index is 12.9. The number of carbonyl (C=O) groups is 1. The number of nitrogens with one attached hydrogen (secondary N) is 1. The number of rotatable bonds is 8. The standard InChI is InChI=1S/C17H19ClF5N5O/c1-9-14(18)15(17(21,22)23)26-27(9)6-2-5-24-13(29)8-28-12(10-3-4-10)7-11(25-28)16(19)20/h7,10,16H,2-6,8H2,1H3,(H,24,29). The molecule has 1 N–H and O–H groups in total. The molecule has 0 atom stereocenters. The van der Waals surface area contributed by atoms with Crippen molar-refractivity contribution in [2.75, 3.05) is 6.54 Å². The van der Waals surface area contributed by atoms with E-state index in [9.17, 15) is 26.7 Å². The molecule has 1 saturated carbocycles. The SMILES string of the molecule is Cc1c(Cl)c(C(F)(F)F)nn1CCCNC(=O)Cn1nc(C(F)F)cc1C1CC1. The van der Waals surface area contributed by atoms with Gasteiger partial charge in [0.1, 0.15) is 12.2 Å². The molecule has 0 aromatic carbocycles. The van der Waals surface area contributed by atoms with Crippen LogP contribution in [0.2, 0.25) is 5.02 Å². The number of aryl methyl sites for hydroxylation is 1. The molecule has 0 unspecified atom stereocenters. The summed E-state index contributed by atoms with van der Waals surface area (Å²) >= 11 is 5.69. The van der Waals surface area contributed by atoms with Crippen LogP contribution in [0.4, 0.5) is 22.0 Å². The Morgan fingerprint density at radius 3 is 2.55 bits per heavy atom. The van der Waals surface area contributed by atoms with E-state index in [1.165, 1.54) is 17.7 Å². The molecule has 12 heteroatoms. The normalized spacial score (nSPS) is 14.6. The van der Waals surface area contributed by atoms with Crippen LogP contribution < -0.4 is 5.32 Å². The van der Waals surface area contributed by atoms with Crippen LogP contribution in [0.1, 0.15) is 54.4 Å². The van der Waals surface area contributed by atoms with Crippen molar-refractivity contribution >= 4 is 17.5 Å². The molecule has 1 fully saturated rings. The summed E-state index contributed by atoms with van der Waals surface area (Å²) < 4.78 is 66.6. The zero-order chi connectivity index (χ0) is 21.3. The minimum Gasteiger partial charge on any atom is -0.354 e. The second-order valence-electron chi connectivity index (χ2n) is 6.90. The molecule has 6 nitrogen and oxygen atoms in total. The quantitative estimate of drug-likeness (QED) is 0.498. The minimum atomic E-state index is -4.64. The lowest BCUT2D eigenvalue weighted by Crippen LogP contribution is -2.30. The summed E-state index contributed by atoms with van der Waals surface area (Å²) in [6, 6.07) is 1.33. The topological polar surface area (TPSA) is 64.7 Å². The van der Waals surface area contributed by atoms with Crippen LogP contribution in [-0.4, -0.2) is 32.0 Å². The second-order valence-corrected chi connectivity index (χ2v) is 7.28. The van der Waals surface area contributed by atoms with Gasteiger partial charge in [-0.25, -0.2) is 8.78 Å². The lowest BCUT2D eigenvalue weighted by Gasteiger charge is -2.09. The lowest BCUT2D eigenvalue weighted by molar-refractivity contribution is -0.141. The Morgan fingerprint density at radius 1 is 1.31 bits per heavy atom. The van der Waals surface area contributed by atoms with E-state index in [-0.39, 0.29) is 36.9 Å². The highest BCUT2D eigenvalue weighted by atomic mass is 35.5. The van der Waals surface area contributed by atoms with Crippen LogP contribution in [0.3, 0.4) is 0 Å². The van der Waals surface area contributed by atoms with Crippen LogP contribution in [0.5, 0.6) is 0 Å². The molecule has 2 heterocycles. The molecule has 29 heavy (non-hydrogen) atoms. The Morgan fingerprint density at radius 2 is 2.00 bits per heavy atom. The third-order valence-corrected chi connectivity index (χ3v) is 5.07. The van der Waals surface area contributed by atoms with E-state index in [0.29, 0.717) is 12.1 Å². The van der Waals surface area contributed by atoms with Crippen LogP contribution in [-0.2, 0) is 24.1 Å². The first-order valence-electron chi connectivity index (χ1n) is 9.00. The molecule has 0 saturated heterocycles. The highest BCUT2D eigenvalue weighted by Gasteiger charge is 2.38. The molecule has 0 bridgehead atoms. The van der Waals surface area contributed by atoms with Crippen molar-refractivity contribution in [2.45, 2.75) is 57.8 Å². The molecule has 2 aromatic heterocycles. The van der Waals surface area contributed by atoms with Gasteiger partial charge in [0.15, 0.2) is 5.69 Å². The lowest BCUT2D eigenvalue weighted by atomic mass is 10.2. The van der Waals surface area contributed by atoms with Crippen molar-refractivity contribution < 1.29 is 26.7 Å². The third-order valence-electron chi connectivity index (χ3n) is 4.61. The van der Waals surface area contributed by atoms with E-state index < -0.39 is 29.2 Å². The third kappa shape index (κ3) is 5.06. The van der Waals surface area contributed by atoms with Crippen molar-refractivity contribution in [1.82, 2.24) is 24.9 Å². The molecule has 0 radical (unpaired) electrons. The molecule has 0 spiro atoms. The van der Waals surface area contributed by atoms with Gasteiger partial charge in [-0.3, -0.25) is 14.2 Å². The molecule has 160 valence electrons. The van der Waals surface area contributed by atoms with E-state index in [1.807, 2.05) is 0 Å². The molecular weight excluding hydrogens is 421 g/mol. The summed E-state index contributed by atoms with van der Waals surface area (Å²) in [5.74, 6) is -0.264. The molecule has 1 aliphatic rings. The first-order valence-corrected chi connectivity index (χ1v) is 9.38. The first kappa shape index (κ1) is 21.5. The number of alkyl halides is 5. The van der Waals surface area contributed by atoms with Gasteiger partial charge in [-0.15, -0.1) is 0 Å². The Labute approximate surface area is 168 Å². The molecular formula is C17H19ClF5N5O. The number of carbonyl (C=O) groups excluding carboxylic acids is 1. The van der Waals surface area contributed by atoms with E-state index in [1.54, 1.807) is 0 Å². The fourth-order valence-corrected chi connectivity index (χ4v) is 3.21. The first-order chi connectivity index (χ1) is 13.6. The Kier molecular flexibility index (Phi) is 6.16. The number of amides is 1. The summed E-state index contributed by atoms with van der Waals surface area (Å²) in [5, 5.41) is 9.46. The minimum absolute atomic E-state index is 0.131. The Balaban J connectivity index is 1.51. The van der Waals surface area contributed by atoms with E-state index >= 15 is 0 Å². The predicted octanol–water partition coefficient (Wildman–Crippen LogP) is 4.08. The number of hydrogen-bond donors (Lipinski definition) is 1. The summed E-state index contributed by atoms with van der Waals surface area (Å²) in [7, 11) is 0. The van der Waals surface area contributed by atoms with E-state index in [2.05, 4.69) is 15.5 Å². The van der Waals surface area contributed by atoms with Gasteiger partial charge in [0.05, 0.1) is 10.7 Å². The average molecular weight is 440 g/mol. The molecule has 3 rings (SSSR count). The number of halogens is 6. The largest absolute Gasteiger partial charge is 0.436 e. The van der Waals surface area contributed by atoms with Gasteiger partial charge in [0.2, 0.25) is 5.91 Å². The van der Waals surface area contributed by atoms with Crippen molar-refractivity contribution in [2.24, 2.45) is 0 Å². The van der Waals surface area contributed by atoms with Crippen LogP contribution in [0, 0.1) is 6.92 Å². The van der Waals surface area contributed by atoms with Crippen molar-refractivity contribution in [3.05, 3.63) is 33.9 Å². The monoisotopic (exact) mass is 439 g/mol. The number of aromatic nitrogens is 4. The van der Waals surface area contributed by atoms with Crippen molar-refractivity contribution in [3.8, 4) is 0 Å². The zero-order valence-electron chi connectivity index (χ0n) is 15.4. The highest BCUT2D eigenvalue weighted by molar-refractivity contribution is 6.31. The highest BCUT2D eigenvalue weighted by Crippen LogP contribution is 2.41. The van der Waals surface area contributed by atoms with Gasteiger partial charge in [-0.05, 0) is 32.3 Å². The van der Waals surface area contributed by atoms with Crippen LogP contribution in [0.25, 0.3) is 0 Å². The van der Waals surface area contributed by atoms with Gasteiger partial charge >= 0.3 is 6.18 Å². The van der Waals surface area contributed by atoms with E-state index in [4.69, 9.17) is 11.6 Å². The summed E-state index contributed by atoms with van der Waals surface area (Å²) in [6.07, 6.45) is -5.27. The van der Waals surface area contributed by atoms with Crippen LogP contribution in [0.15, 0.2) is 6.07 Å². The molecule has 2 aromatic rings. The Bertz CT molecular complexity index is 888. The summed E-state index contributed by atoms with van der Waals surface area (Å²) in [4.78, 5) is 12.1. The van der Waals surface area contributed by atoms with Gasteiger partial charge in [-0.2, -0.15) is 23.4 Å². The fourth-order valence-electron chi connectivity index (χ4n) is 2.96. The maximum Gasteiger partial charge on any atom is 0.436 e. The smallest absolute Gasteiger partial charge is 0.354 e. The van der Waals surface area contributed by atoms with E-state index in [0.717, 1.165) is 17.5 Å². The molecule has 1 amide bonds. The average Bonchev–Trinajstić information content (AvgIpc) is 3.32. The maximum atomic E-state index is 12.9. The molecule has 0 aliphatic heterocycles. The Hall–Kier alpha value is -2.17. The van der Waals surface area contributed by atoms with Gasteiger partial charge in [-0.1, -0.05) is 11.6 Å². The number of nitrogens with zero attached hydrogens (tertiary/aromatic N) is 4. The second kappa shape index (κ2) is 8.29. The van der Waals surface area contributed by atoms with Gasteiger partial charge in [0.25, 0.3) is 6.43 Å². The zero-order valence-corrected chi connectivity index (χ0v) is 16.2. The predicted molar refractivity (Wildman–Crippen MR) is 93.8 cm³/mol. The summed E-state index contributed by atoms with van der Waals surface area (Å²) in [6.45, 7) is 1.55. The fraction of sp³-hybridized carbons (Fsp3) is 0.588.